The van der Waals surface area contributed by atoms with Gasteiger partial charge < -0.3 is 14.5 Å². The second-order valence-corrected chi connectivity index (χ2v) is 8.11. The van der Waals surface area contributed by atoms with E-state index in [2.05, 4.69) is 36.2 Å². The van der Waals surface area contributed by atoms with Crippen molar-refractivity contribution in [3.63, 3.8) is 0 Å². The van der Waals surface area contributed by atoms with Crippen molar-refractivity contribution < 1.29 is 13.9 Å². The van der Waals surface area contributed by atoms with Gasteiger partial charge in [-0.05, 0) is 24.3 Å². The van der Waals surface area contributed by atoms with Crippen molar-refractivity contribution in [2.45, 2.75) is 32.6 Å². The zero-order valence-electron chi connectivity index (χ0n) is 17.5. The number of fused-ring (bicyclic) bond motifs is 1. The van der Waals surface area contributed by atoms with E-state index in [9.17, 15) is 4.79 Å². The van der Waals surface area contributed by atoms with Crippen molar-refractivity contribution in [1.29, 1.82) is 0 Å². The van der Waals surface area contributed by atoms with Crippen molar-refractivity contribution in [3.8, 4) is 11.6 Å². The van der Waals surface area contributed by atoms with Gasteiger partial charge in [0, 0.05) is 34.7 Å². The third-order valence-corrected chi connectivity index (χ3v) is 4.83. The van der Waals surface area contributed by atoms with Crippen LogP contribution < -0.4 is 10.1 Å². The first kappa shape index (κ1) is 19.7. The maximum atomic E-state index is 12.9. The van der Waals surface area contributed by atoms with Crippen molar-refractivity contribution in [2.75, 3.05) is 12.4 Å². The number of carbonyl (C=O) groups is 1. The van der Waals surface area contributed by atoms with Gasteiger partial charge in [0.1, 0.15) is 17.2 Å². The summed E-state index contributed by atoms with van der Waals surface area (Å²) in [7, 11) is 1.61. The predicted molar refractivity (Wildman–Crippen MR) is 115 cm³/mol. The van der Waals surface area contributed by atoms with Crippen LogP contribution in [0.1, 0.15) is 32.0 Å². The van der Waals surface area contributed by atoms with Crippen LogP contribution in [0.5, 0.6) is 5.75 Å². The fourth-order valence-electron chi connectivity index (χ4n) is 3.18. The summed E-state index contributed by atoms with van der Waals surface area (Å²) >= 11 is 0. The molecule has 7 nitrogen and oxygen atoms in total. The predicted octanol–water partition coefficient (Wildman–Crippen LogP) is 4.50. The summed E-state index contributed by atoms with van der Waals surface area (Å²) in [5.41, 5.74) is 2.19. The molecule has 3 aromatic heterocycles. The molecule has 4 rings (SSSR count). The smallest absolute Gasteiger partial charge is 0.230 e. The van der Waals surface area contributed by atoms with Crippen LogP contribution in [0.3, 0.4) is 0 Å². The summed E-state index contributed by atoms with van der Waals surface area (Å²) in [4.78, 5) is 17.2. The molecule has 0 atom stereocenters. The SMILES string of the molecule is COc1ccc2c(CC(=O)Nc3cc(C(C)(C)C)nn3-c3ccccn3)coc2c1. The molecule has 0 radical (unpaired) electrons. The summed E-state index contributed by atoms with van der Waals surface area (Å²) in [6, 6.07) is 13.0. The molecular weight excluding hydrogens is 380 g/mol. The van der Waals surface area contributed by atoms with Crippen LogP contribution in [0, 0.1) is 0 Å². The number of pyridine rings is 1. The Hall–Kier alpha value is -3.61. The molecule has 0 unspecified atom stereocenters. The van der Waals surface area contributed by atoms with Gasteiger partial charge in [-0.25, -0.2) is 4.98 Å². The lowest BCUT2D eigenvalue weighted by Gasteiger charge is -2.13. The maximum absolute atomic E-state index is 12.9. The van der Waals surface area contributed by atoms with E-state index in [0.717, 1.165) is 16.6 Å². The lowest BCUT2D eigenvalue weighted by Crippen LogP contribution is -2.17. The fourth-order valence-corrected chi connectivity index (χ4v) is 3.18. The summed E-state index contributed by atoms with van der Waals surface area (Å²) in [5.74, 6) is 1.77. The first-order chi connectivity index (χ1) is 14.3. The first-order valence-corrected chi connectivity index (χ1v) is 9.71. The van der Waals surface area contributed by atoms with Gasteiger partial charge in [-0.3, -0.25) is 4.79 Å². The highest BCUT2D eigenvalue weighted by Crippen LogP contribution is 2.28. The minimum absolute atomic E-state index is 0.161. The Bertz CT molecular complexity index is 1190. The molecule has 0 fully saturated rings. The van der Waals surface area contributed by atoms with E-state index >= 15 is 0 Å². The molecule has 1 aromatic carbocycles. The average molecular weight is 404 g/mol. The van der Waals surface area contributed by atoms with Crippen LogP contribution in [0.2, 0.25) is 0 Å². The Balaban J connectivity index is 1.61. The molecule has 4 aromatic rings. The monoisotopic (exact) mass is 404 g/mol. The average Bonchev–Trinajstić information content (AvgIpc) is 3.32. The van der Waals surface area contributed by atoms with Crippen molar-refractivity contribution >= 4 is 22.7 Å². The molecule has 0 spiro atoms. The van der Waals surface area contributed by atoms with Gasteiger partial charge in [0.15, 0.2) is 5.82 Å². The second kappa shape index (κ2) is 7.67. The third kappa shape index (κ3) is 3.91. The normalized spacial score (nSPS) is 11.6. The Morgan fingerprint density at radius 2 is 2.03 bits per heavy atom. The van der Waals surface area contributed by atoms with E-state index in [0.29, 0.717) is 23.0 Å². The number of carbonyl (C=O) groups excluding carboxylic acids is 1. The number of furan rings is 1. The molecule has 0 aliphatic heterocycles. The Kier molecular flexibility index (Phi) is 5.03. The molecule has 0 saturated carbocycles. The number of hydrogen-bond acceptors (Lipinski definition) is 5. The highest BCUT2D eigenvalue weighted by atomic mass is 16.5. The number of anilines is 1. The van der Waals surface area contributed by atoms with Crippen LogP contribution >= 0.6 is 0 Å². The zero-order valence-corrected chi connectivity index (χ0v) is 17.5. The van der Waals surface area contributed by atoms with Crippen LogP contribution in [0.4, 0.5) is 5.82 Å². The van der Waals surface area contributed by atoms with Gasteiger partial charge in [0.05, 0.1) is 25.5 Å². The Labute approximate surface area is 174 Å². The van der Waals surface area contributed by atoms with Crippen molar-refractivity contribution in [1.82, 2.24) is 14.8 Å². The summed E-state index contributed by atoms with van der Waals surface area (Å²) in [6.45, 7) is 6.24. The van der Waals surface area contributed by atoms with Crippen molar-refractivity contribution in [3.05, 3.63) is 66.2 Å². The highest BCUT2D eigenvalue weighted by molar-refractivity contribution is 5.95. The Morgan fingerprint density at radius 3 is 2.73 bits per heavy atom. The molecule has 154 valence electrons. The maximum Gasteiger partial charge on any atom is 0.230 e. The van der Waals surface area contributed by atoms with Gasteiger partial charge in [0.2, 0.25) is 5.91 Å². The van der Waals surface area contributed by atoms with E-state index in [1.54, 1.807) is 24.3 Å². The van der Waals surface area contributed by atoms with Gasteiger partial charge in [-0.2, -0.15) is 9.78 Å². The lowest BCUT2D eigenvalue weighted by atomic mass is 9.92. The molecule has 0 saturated heterocycles. The Morgan fingerprint density at radius 1 is 1.20 bits per heavy atom. The van der Waals surface area contributed by atoms with Gasteiger partial charge >= 0.3 is 0 Å². The number of hydrogen-bond donors (Lipinski definition) is 1. The largest absolute Gasteiger partial charge is 0.497 e. The number of nitrogens with zero attached hydrogens (tertiary/aromatic N) is 3. The minimum atomic E-state index is -0.167. The zero-order chi connectivity index (χ0) is 21.3. The number of ether oxygens (including phenoxy) is 1. The van der Waals surface area contributed by atoms with E-state index in [4.69, 9.17) is 9.15 Å². The van der Waals surface area contributed by atoms with Gasteiger partial charge in [0.25, 0.3) is 0 Å². The molecule has 1 N–H and O–H groups in total. The lowest BCUT2D eigenvalue weighted by molar-refractivity contribution is -0.115. The van der Waals surface area contributed by atoms with Crippen LogP contribution in [0.25, 0.3) is 16.8 Å². The molecule has 1 amide bonds. The molecule has 0 aliphatic rings. The van der Waals surface area contributed by atoms with Gasteiger partial charge in [-0.1, -0.05) is 26.8 Å². The summed E-state index contributed by atoms with van der Waals surface area (Å²) in [5, 5.41) is 8.55. The molecule has 0 aliphatic carbocycles. The quantitative estimate of drug-likeness (QED) is 0.530. The minimum Gasteiger partial charge on any atom is -0.497 e. The van der Waals surface area contributed by atoms with Crippen LogP contribution in [-0.4, -0.2) is 27.8 Å². The van der Waals surface area contributed by atoms with Crippen molar-refractivity contribution in [2.24, 2.45) is 0 Å². The highest BCUT2D eigenvalue weighted by Gasteiger charge is 2.22. The molecular formula is C23H24N4O3. The first-order valence-electron chi connectivity index (χ1n) is 9.71. The standard InChI is InChI=1S/C23H24N4O3/c1-23(2,3)19-13-21(27(26-19)20-7-5-6-10-24-20)25-22(28)11-15-14-30-18-12-16(29-4)8-9-17(15)18/h5-10,12-14H,11H2,1-4H3,(H,25,28). The van der Waals surface area contributed by atoms with E-state index < -0.39 is 0 Å². The summed E-state index contributed by atoms with van der Waals surface area (Å²) in [6.07, 6.45) is 3.49. The van der Waals surface area contributed by atoms with Crippen LogP contribution in [-0.2, 0) is 16.6 Å². The van der Waals surface area contributed by atoms with E-state index in [1.165, 1.54) is 0 Å². The van der Waals surface area contributed by atoms with E-state index in [1.807, 2.05) is 42.5 Å². The topological polar surface area (TPSA) is 82.2 Å². The molecule has 3 heterocycles. The second-order valence-electron chi connectivity index (χ2n) is 8.11. The van der Waals surface area contributed by atoms with E-state index in [-0.39, 0.29) is 17.7 Å². The number of aromatic nitrogens is 3. The number of rotatable bonds is 5. The third-order valence-electron chi connectivity index (χ3n) is 4.83. The molecule has 0 bridgehead atoms. The molecule has 30 heavy (non-hydrogen) atoms. The number of nitrogens with one attached hydrogen (secondary N) is 1. The summed E-state index contributed by atoms with van der Waals surface area (Å²) < 4.78 is 12.5. The fraction of sp³-hybridized carbons (Fsp3) is 0.261. The number of methoxy groups -OCH3 is 1. The number of amides is 1. The molecule has 7 heteroatoms. The number of benzene rings is 1. The van der Waals surface area contributed by atoms with Gasteiger partial charge in [-0.15, -0.1) is 0 Å². The van der Waals surface area contributed by atoms with Crippen LogP contribution in [0.15, 0.2) is 59.3 Å².